The number of nitrogens with zero attached hydrogens (tertiary/aromatic N) is 2. The highest BCUT2D eigenvalue weighted by atomic mass is 19.1. The van der Waals surface area contributed by atoms with Gasteiger partial charge in [0.15, 0.2) is 11.5 Å². The second kappa shape index (κ2) is 8.40. The second-order valence-electron chi connectivity index (χ2n) is 6.99. The summed E-state index contributed by atoms with van der Waals surface area (Å²) in [6, 6.07) is 10.8. The topological polar surface area (TPSA) is 88.2 Å². The first-order chi connectivity index (χ1) is 14.5. The van der Waals surface area contributed by atoms with E-state index in [-0.39, 0.29) is 25.5 Å². The fraction of sp³-hybridized carbons (Fsp3) is 0.286. The van der Waals surface area contributed by atoms with Crippen molar-refractivity contribution in [1.29, 1.82) is 0 Å². The molecule has 4 rings (SSSR count). The van der Waals surface area contributed by atoms with Gasteiger partial charge in [-0.15, -0.1) is 0 Å². The Morgan fingerprint density at radius 3 is 2.37 bits per heavy atom. The molecule has 0 spiro atoms. The van der Waals surface area contributed by atoms with E-state index in [0.29, 0.717) is 36.9 Å². The van der Waals surface area contributed by atoms with Crippen LogP contribution in [0, 0.1) is 5.82 Å². The van der Waals surface area contributed by atoms with Crippen molar-refractivity contribution in [2.45, 2.75) is 6.54 Å². The van der Waals surface area contributed by atoms with Gasteiger partial charge in [-0.1, -0.05) is 12.1 Å². The molecule has 9 heteroatoms. The molecule has 2 aromatic carbocycles. The van der Waals surface area contributed by atoms with Crippen LogP contribution in [0.2, 0.25) is 0 Å². The summed E-state index contributed by atoms with van der Waals surface area (Å²) in [5, 5.41) is 2.70. The highest BCUT2D eigenvalue weighted by Crippen LogP contribution is 2.32. The monoisotopic (exact) mass is 413 g/mol. The molecule has 1 N–H and O–H groups in total. The summed E-state index contributed by atoms with van der Waals surface area (Å²) in [6.07, 6.45) is 0. The van der Waals surface area contributed by atoms with Crippen LogP contribution in [0.3, 0.4) is 0 Å². The van der Waals surface area contributed by atoms with E-state index in [1.165, 1.54) is 21.9 Å². The molecule has 0 saturated carbocycles. The normalized spacial score (nSPS) is 15.9. The fourth-order valence-electron chi connectivity index (χ4n) is 3.32. The van der Waals surface area contributed by atoms with Crippen LogP contribution in [0.15, 0.2) is 42.5 Å². The van der Waals surface area contributed by atoms with Gasteiger partial charge in [0.1, 0.15) is 25.6 Å². The van der Waals surface area contributed by atoms with E-state index in [2.05, 4.69) is 5.32 Å². The smallest absolute Gasteiger partial charge is 0.312 e. The third-order valence-electron chi connectivity index (χ3n) is 4.84. The molecule has 2 heterocycles. The molecule has 2 aromatic rings. The molecule has 1 saturated heterocycles. The van der Waals surface area contributed by atoms with Crippen molar-refractivity contribution in [2.75, 3.05) is 38.2 Å². The van der Waals surface area contributed by atoms with Gasteiger partial charge in [-0.05, 0) is 29.8 Å². The highest BCUT2D eigenvalue weighted by molar-refractivity contribution is 6.35. The van der Waals surface area contributed by atoms with Gasteiger partial charge in [0, 0.05) is 31.4 Å². The van der Waals surface area contributed by atoms with Gasteiger partial charge >= 0.3 is 11.8 Å². The van der Waals surface area contributed by atoms with Crippen molar-refractivity contribution in [3.8, 4) is 11.5 Å². The lowest BCUT2D eigenvalue weighted by atomic mass is 10.2. The SMILES string of the molecule is O=C(CN1CCN(Cc2ccc(F)cc2)C(=O)C1=O)Nc1ccc2c(c1)OCCO2. The maximum Gasteiger partial charge on any atom is 0.312 e. The van der Waals surface area contributed by atoms with Crippen LogP contribution in [0.25, 0.3) is 0 Å². The first kappa shape index (κ1) is 19.7. The molecule has 0 radical (unpaired) electrons. The first-order valence-corrected chi connectivity index (χ1v) is 9.52. The largest absolute Gasteiger partial charge is 0.486 e. The fourth-order valence-corrected chi connectivity index (χ4v) is 3.32. The maximum atomic E-state index is 13.0. The molecular formula is C21H20FN3O5. The van der Waals surface area contributed by atoms with E-state index >= 15 is 0 Å². The van der Waals surface area contributed by atoms with Crippen LogP contribution < -0.4 is 14.8 Å². The number of anilines is 1. The number of carbonyl (C=O) groups excluding carboxylic acids is 3. The average molecular weight is 413 g/mol. The minimum absolute atomic E-state index is 0.210. The van der Waals surface area contributed by atoms with Crippen molar-refractivity contribution in [3.63, 3.8) is 0 Å². The number of piperazine rings is 1. The van der Waals surface area contributed by atoms with Crippen molar-refractivity contribution < 1.29 is 28.2 Å². The Bertz CT molecular complexity index is 979. The van der Waals surface area contributed by atoms with Crippen LogP contribution in [0.4, 0.5) is 10.1 Å². The molecule has 0 aliphatic carbocycles. The number of hydrogen-bond donors (Lipinski definition) is 1. The van der Waals surface area contributed by atoms with Crippen molar-refractivity contribution in [3.05, 3.63) is 53.8 Å². The Hall–Kier alpha value is -3.62. The summed E-state index contributed by atoms with van der Waals surface area (Å²) >= 11 is 0. The number of amides is 3. The van der Waals surface area contributed by atoms with E-state index in [9.17, 15) is 18.8 Å². The van der Waals surface area contributed by atoms with E-state index in [1.807, 2.05) is 0 Å². The Kier molecular flexibility index (Phi) is 5.51. The molecule has 3 amide bonds. The highest BCUT2D eigenvalue weighted by Gasteiger charge is 2.33. The van der Waals surface area contributed by atoms with Gasteiger partial charge in [0.25, 0.3) is 0 Å². The Morgan fingerprint density at radius 1 is 0.933 bits per heavy atom. The molecule has 0 aromatic heterocycles. The lowest BCUT2D eigenvalue weighted by Crippen LogP contribution is -2.55. The summed E-state index contributed by atoms with van der Waals surface area (Å²) in [7, 11) is 0. The van der Waals surface area contributed by atoms with Crippen LogP contribution in [0.1, 0.15) is 5.56 Å². The van der Waals surface area contributed by atoms with E-state index in [0.717, 1.165) is 5.56 Å². The summed E-state index contributed by atoms with van der Waals surface area (Å²) < 4.78 is 23.9. The van der Waals surface area contributed by atoms with Gasteiger partial charge in [-0.3, -0.25) is 14.4 Å². The van der Waals surface area contributed by atoms with Crippen LogP contribution >= 0.6 is 0 Å². The van der Waals surface area contributed by atoms with Crippen molar-refractivity contribution >= 4 is 23.4 Å². The molecule has 30 heavy (non-hydrogen) atoms. The van der Waals surface area contributed by atoms with Gasteiger partial charge in [0.2, 0.25) is 5.91 Å². The maximum absolute atomic E-state index is 13.0. The molecule has 156 valence electrons. The predicted molar refractivity (Wildman–Crippen MR) is 104 cm³/mol. The number of hydrogen-bond acceptors (Lipinski definition) is 5. The summed E-state index contributed by atoms with van der Waals surface area (Å²) in [6.45, 7) is 1.41. The lowest BCUT2D eigenvalue weighted by molar-refractivity contribution is -0.157. The minimum atomic E-state index is -0.735. The molecule has 8 nitrogen and oxygen atoms in total. The number of nitrogens with one attached hydrogen (secondary N) is 1. The molecule has 1 fully saturated rings. The van der Waals surface area contributed by atoms with Crippen molar-refractivity contribution in [2.24, 2.45) is 0 Å². The molecule has 2 aliphatic heterocycles. The van der Waals surface area contributed by atoms with Gasteiger partial charge in [-0.2, -0.15) is 0 Å². The Labute approximate surface area is 172 Å². The summed E-state index contributed by atoms with van der Waals surface area (Å²) in [5.41, 5.74) is 1.24. The number of rotatable bonds is 5. The number of benzene rings is 2. The molecule has 0 bridgehead atoms. The molecule has 0 atom stereocenters. The second-order valence-corrected chi connectivity index (χ2v) is 6.99. The molecule has 0 unspecified atom stereocenters. The summed E-state index contributed by atoms with van der Waals surface area (Å²) in [5.74, 6) is -1.05. The third-order valence-corrected chi connectivity index (χ3v) is 4.84. The Balaban J connectivity index is 1.33. The van der Waals surface area contributed by atoms with Crippen LogP contribution in [-0.2, 0) is 20.9 Å². The Morgan fingerprint density at radius 2 is 1.60 bits per heavy atom. The third kappa shape index (κ3) is 4.35. The van der Waals surface area contributed by atoms with Gasteiger partial charge < -0.3 is 24.6 Å². The molecule has 2 aliphatic rings. The molecular weight excluding hydrogens is 393 g/mol. The number of ether oxygens (including phenoxy) is 2. The average Bonchev–Trinajstić information content (AvgIpc) is 2.75. The zero-order chi connectivity index (χ0) is 21.1. The summed E-state index contributed by atoms with van der Waals surface area (Å²) in [4.78, 5) is 39.8. The van der Waals surface area contributed by atoms with E-state index < -0.39 is 17.7 Å². The van der Waals surface area contributed by atoms with Crippen molar-refractivity contribution in [1.82, 2.24) is 9.80 Å². The van der Waals surface area contributed by atoms with E-state index in [4.69, 9.17) is 9.47 Å². The zero-order valence-corrected chi connectivity index (χ0v) is 16.1. The van der Waals surface area contributed by atoms with Crippen LogP contribution in [-0.4, -0.2) is 60.4 Å². The van der Waals surface area contributed by atoms with E-state index in [1.54, 1.807) is 30.3 Å². The number of halogens is 1. The van der Waals surface area contributed by atoms with Gasteiger partial charge in [0.05, 0.1) is 0 Å². The lowest BCUT2D eigenvalue weighted by Gasteiger charge is -2.33. The standard InChI is InChI=1S/C21H20FN3O5/c22-15-3-1-14(2-4-15)12-24-7-8-25(21(28)20(24)27)13-19(26)23-16-5-6-17-18(11-16)30-10-9-29-17/h1-6,11H,7-10,12-13H2,(H,23,26). The quantitative estimate of drug-likeness (QED) is 0.749. The van der Waals surface area contributed by atoms with Gasteiger partial charge in [-0.25, -0.2) is 4.39 Å². The number of fused-ring (bicyclic) bond motifs is 1. The first-order valence-electron chi connectivity index (χ1n) is 9.52. The van der Waals surface area contributed by atoms with Crippen LogP contribution in [0.5, 0.6) is 11.5 Å². The minimum Gasteiger partial charge on any atom is -0.486 e. The number of carbonyl (C=O) groups is 3. The zero-order valence-electron chi connectivity index (χ0n) is 16.1. The predicted octanol–water partition coefficient (Wildman–Crippen LogP) is 1.41.